The van der Waals surface area contributed by atoms with Gasteiger partial charge in [0.1, 0.15) is 23.5 Å². The zero-order chi connectivity index (χ0) is 21.2. The van der Waals surface area contributed by atoms with Crippen molar-refractivity contribution in [3.05, 3.63) is 35.9 Å². The average Bonchev–Trinajstić information content (AvgIpc) is 3.08. The maximum Gasteiger partial charge on any atom is 0.144 e. The van der Waals surface area contributed by atoms with Gasteiger partial charge in [0, 0.05) is 36.8 Å². The molecule has 0 saturated heterocycles. The summed E-state index contributed by atoms with van der Waals surface area (Å²) in [5, 5.41) is 12.6. The molecule has 160 valence electrons. The van der Waals surface area contributed by atoms with Gasteiger partial charge in [0.25, 0.3) is 0 Å². The molecule has 6 rings (SSSR count). The maximum atomic E-state index is 5.74. The molecule has 3 N–H and O–H groups in total. The molecule has 2 aliphatic rings. The zero-order valence-electron chi connectivity index (χ0n) is 17.7. The first-order valence-corrected chi connectivity index (χ1v) is 10.4. The van der Waals surface area contributed by atoms with Crippen molar-refractivity contribution in [3.8, 4) is 5.75 Å². The molecule has 2 atom stereocenters. The first-order chi connectivity index (χ1) is 15.2. The molecular weight excluding hydrogens is 396 g/mol. The van der Waals surface area contributed by atoms with Gasteiger partial charge in [-0.15, -0.1) is 0 Å². The van der Waals surface area contributed by atoms with Gasteiger partial charge in [0.15, 0.2) is 0 Å². The Morgan fingerprint density at radius 1 is 1.13 bits per heavy atom. The molecular formula is C22H24N6O3. The van der Waals surface area contributed by atoms with Crippen molar-refractivity contribution in [1.29, 1.82) is 0 Å². The molecule has 0 bridgehead atoms. The summed E-state index contributed by atoms with van der Waals surface area (Å²) >= 11 is 0. The maximum absolute atomic E-state index is 5.74. The number of methoxy groups -OCH3 is 3. The predicted octanol–water partition coefficient (Wildman–Crippen LogP) is 3.11. The number of hydrogen-bond donors (Lipinski definition) is 3. The van der Waals surface area contributed by atoms with Crippen LogP contribution in [0.15, 0.2) is 24.7 Å². The second-order valence-corrected chi connectivity index (χ2v) is 8.39. The third-order valence-corrected chi connectivity index (χ3v) is 6.95. The van der Waals surface area contributed by atoms with Gasteiger partial charge in [0.2, 0.25) is 0 Å². The van der Waals surface area contributed by atoms with Crippen molar-refractivity contribution in [1.82, 2.24) is 25.1 Å². The van der Waals surface area contributed by atoms with Gasteiger partial charge >= 0.3 is 0 Å². The fourth-order valence-corrected chi connectivity index (χ4v) is 5.40. The Kier molecular flexibility index (Phi) is 4.00. The van der Waals surface area contributed by atoms with Crippen LogP contribution in [0.5, 0.6) is 5.75 Å². The summed E-state index contributed by atoms with van der Waals surface area (Å²) in [7, 11) is 5.19. The molecule has 2 aliphatic carbocycles. The quantitative estimate of drug-likeness (QED) is 0.455. The second-order valence-electron chi connectivity index (χ2n) is 8.39. The number of nitrogens with one attached hydrogen (secondary N) is 3. The summed E-state index contributed by atoms with van der Waals surface area (Å²) in [6.07, 6.45) is 6.47. The third-order valence-electron chi connectivity index (χ3n) is 6.95. The molecule has 3 heterocycles. The molecule has 1 fully saturated rings. The highest BCUT2D eigenvalue weighted by atomic mass is 16.6. The van der Waals surface area contributed by atoms with Crippen LogP contribution in [-0.2, 0) is 22.3 Å². The number of hydrogen-bond acceptors (Lipinski definition) is 7. The molecule has 3 aromatic heterocycles. The minimum Gasteiger partial charge on any atom is -0.494 e. The summed E-state index contributed by atoms with van der Waals surface area (Å²) in [5.41, 5.74) is 5.07. The van der Waals surface area contributed by atoms with E-state index >= 15 is 0 Å². The Balaban J connectivity index is 1.44. The van der Waals surface area contributed by atoms with E-state index in [-0.39, 0.29) is 17.6 Å². The Labute approximate surface area is 178 Å². The summed E-state index contributed by atoms with van der Waals surface area (Å²) < 4.78 is 17.1. The summed E-state index contributed by atoms with van der Waals surface area (Å²) in [5.74, 6) is 1.47. The fraction of sp³-hybridized carbons (Fsp3) is 0.409. The smallest absolute Gasteiger partial charge is 0.144 e. The molecule has 0 amide bonds. The summed E-state index contributed by atoms with van der Waals surface area (Å²) in [4.78, 5) is 12.6. The van der Waals surface area contributed by atoms with E-state index in [4.69, 9.17) is 14.2 Å². The normalized spacial score (nSPS) is 24.6. The summed E-state index contributed by atoms with van der Waals surface area (Å²) in [6, 6.07) is 3.94. The molecule has 0 aliphatic heterocycles. The van der Waals surface area contributed by atoms with Gasteiger partial charge in [-0.1, -0.05) is 0 Å². The Bertz CT molecular complexity index is 1290. The molecule has 9 heteroatoms. The molecule has 4 aromatic rings. The van der Waals surface area contributed by atoms with Crippen molar-refractivity contribution in [3.63, 3.8) is 0 Å². The van der Waals surface area contributed by atoms with Gasteiger partial charge in [-0.2, -0.15) is 5.10 Å². The van der Waals surface area contributed by atoms with E-state index in [1.165, 1.54) is 11.3 Å². The molecule has 2 unspecified atom stereocenters. The number of ether oxygens (including phenoxy) is 3. The standard InChI is InChI=1S/C22H24N6O3/c1-29-16-7-14-11(9-25-28-14)6-15(16)27-21-17-12-8-22(18(30-2)19(22)31-3)5-4-13(12)26-20(17)23-10-24-21/h6-7,9-10,18-19H,4-5,8H2,1-3H3,(H,25,28)(H2,23,24,26,27). The summed E-state index contributed by atoms with van der Waals surface area (Å²) in [6.45, 7) is 0. The third kappa shape index (κ3) is 2.60. The highest BCUT2D eigenvalue weighted by molar-refractivity contribution is 5.95. The highest BCUT2D eigenvalue weighted by Gasteiger charge is 2.66. The van der Waals surface area contributed by atoms with E-state index in [9.17, 15) is 0 Å². The van der Waals surface area contributed by atoms with Crippen molar-refractivity contribution in [2.45, 2.75) is 31.5 Å². The molecule has 1 spiro atoms. The van der Waals surface area contributed by atoms with Crippen molar-refractivity contribution in [2.24, 2.45) is 5.41 Å². The molecule has 1 saturated carbocycles. The number of fused-ring (bicyclic) bond motifs is 4. The van der Waals surface area contributed by atoms with E-state index in [0.29, 0.717) is 5.75 Å². The molecule has 31 heavy (non-hydrogen) atoms. The fourth-order valence-electron chi connectivity index (χ4n) is 5.40. The topological polar surface area (TPSA) is 110 Å². The number of rotatable bonds is 5. The number of nitrogens with zero attached hydrogens (tertiary/aromatic N) is 3. The van der Waals surface area contributed by atoms with E-state index < -0.39 is 0 Å². The van der Waals surface area contributed by atoms with Crippen molar-refractivity contribution in [2.75, 3.05) is 26.6 Å². The Morgan fingerprint density at radius 2 is 1.97 bits per heavy atom. The van der Waals surface area contributed by atoms with Crippen LogP contribution in [0.4, 0.5) is 11.5 Å². The second kappa shape index (κ2) is 6.66. The lowest BCUT2D eigenvalue weighted by Gasteiger charge is -2.23. The average molecular weight is 420 g/mol. The number of H-pyrrole nitrogens is 2. The van der Waals surface area contributed by atoms with Gasteiger partial charge in [0.05, 0.1) is 42.1 Å². The van der Waals surface area contributed by atoms with Gasteiger partial charge in [-0.05, 0) is 30.9 Å². The number of aryl methyl sites for hydroxylation is 1. The molecule has 0 radical (unpaired) electrons. The Morgan fingerprint density at radius 3 is 2.74 bits per heavy atom. The van der Waals surface area contributed by atoms with Crippen LogP contribution >= 0.6 is 0 Å². The SMILES string of the molecule is COc1cc2[nH]ncc2cc1Nc1ncnc2[nH]c3c(c12)CC1(CC3)C(OC)C1OC. The number of aromatic nitrogens is 5. The van der Waals surface area contributed by atoms with Crippen molar-refractivity contribution >= 4 is 33.4 Å². The van der Waals surface area contributed by atoms with Gasteiger partial charge in [-0.25, -0.2) is 9.97 Å². The molecule has 1 aromatic carbocycles. The highest BCUT2D eigenvalue weighted by Crippen LogP contribution is 2.59. The lowest BCUT2D eigenvalue weighted by molar-refractivity contribution is 0.0972. The molecule has 9 nitrogen and oxygen atoms in total. The predicted molar refractivity (Wildman–Crippen MR) is 116 cm³/mol. The number of benzene rings is 1. The lowest BCUT2D eigenvalue weighted by Crippen LogP contribution is -2.21. The van der Waals surface area contributed by atoms with Crippen LogP contribution < -0.4 is 10.1 Å². The van der Waals surface area contributed by atoms with Gasteiger partial charge in [-0.3, -0.25) is 5.10 Å². The van der Waals surface area contributed by atoms with E-state index in [1.54, 1.807) is 33.9 Å². The number of anilines is 2. The largest absolute Gasteiger partial charge is 0.494 e. The van der Waals surface area contributed by atoms with Crippen LogP contribution in [0.2, 0.25) is 0 Å². The monoisotopic (exact) mass is 420 g/mol. The van der Waals surface area contributed by atoms with Crippen LogP contribution in [0.25, 0.3) is 21.9 Å². The first kappa shape index (κ1) is 18.6. The first-order valence-electron chi connectivity index (χ1n) is 10.4. The minimum atomic E-state index is 0.0200. The van der Waals surface area contributed by atoms with E-state index in [1.807, 2.05) is 12.1 Å². The van der Waals surface area contributed by atoms with Gasteiger partial charge < -0.3 is 24.5 Å². The van der Waals surface area contributed by atoms with Crippen LogP contribution in [0.1, 0.15) is 17.7 Å². The number of aromatic amines is 2. The van der Waals surface area contributed by atoms with E-state index in [0.717, 1.165) is 52.7 Å². The lowest BCUT2D eigenvalue weighted by atomic mass is 9.83. The minimum absolute atomic E-state index is 0.0200. The van der Waals surface area contributed by atoms with Crippen molar-refractivity contribution < 1.29 is 14.2 Å². The zero-order valence-corrected chi connectivity index (χ0v) is 17.7. The van der Waals surface area contributed by atoms with Crippen LogP contribution in [0, 0.1) is 5.41 Å². The Hall–Kier alpha value is -3.17. The van der Waals surface area contributed by atoms with Crippen LogP contribution in [0.3, 0.4) is 0 Å². The van der Waals surface area contributed by atoms with Crippen LogP contribution in [-0.4, -0.2) is 58.7 Å². The van der Waals surface area contributed by atoms with E-state index in [2.05, 4.69) is 30.5 Å².